The highest BCUT2D eigenvalue weighted by molar-refractivity contribution is 5.97. The summed E-state index contributed by atoms with van der Waals surface area (Å²) in [6.07, 6.45) is -4.31. The van der Waals surface area contributed by atoms with E-state index in [9.17, 15) is 18.0 Å². The van der Waals surface area contributed by atoms with E-state index in [2.05, 4.69) is 0 Å². The lowest BCUT2D eigenvalue weighted by Gasteiger charge is -2.30. The Hall–Kier alpha value is -2.23. The fraction of sp³-hybridized carbons (Fsp3) is 0.333. The summed E-state index contributed by atoms with van der Waals surface area (Å²) in [7, 11) is 0. The molecule has 2 rings (SSSR count). The average Bonchev–Trinajstić information content (AvgIpc) is 2.31. The van der Waals surface area contributed by atoms with Crippen molar-refractivity contribution in [2.45, 2.75) is 19.0 Å². The van der Waals surface area contributed by atoms with Gasteiger partial charge in [-0.25, -0.2) is 0 Å². The van der Waals surface area contributed by atoms with E-state index in [1.165, 1.54) is 12.1 Å². The van der Waals surface area contributed by atoms with E-state index in [-0.39, 0.29) is 29.8 Å². The van der Waals surface area contributed by atoms with Gasteiger partial charge >= 0.3 is 6.18 Å². The van der Waals surface area contributed by atoms with Crippen LogP contribution in [0.15, 0.2) is 12.1 Å². The lowest BCUT2D eigenvalue weighted by Crippen LogP contribution is -2.42. The van der Waals surface area contributed by atoms with Crippen LogP contribution in [0.25, 0.3) is 0 Å². The summed E-state index contributed by atoms with van der Waals surface area (Å²) in [5.74, 6) is -0.599. The second-order valence-electron chi connectivity index (χ2n) is 4.23. The van der Waals surface area contributed by atoms with Gasteiger partial charge in [0.2, 0.25) is 5.91 Å². The number of alkyl halides is 3. The predicted octanol–water partition coefficient (Wildman–Crippen LogP) is 1.98. The van der Waals surface area contributed by atoms with Crippen LogP contribution in [0.4, 0.5) is 24.5 Å². The number of benzene rings is 1. The van der Waals surface area contributed by atoms with E-state index in [0.29, 0.717) is 10.5 Å². The molecule has 0 aromatic heterocycles. The fourth-order valence-electron chi connectivity index (χ4n) is 2.15. The van der Waals surface area contributed by atoms with Gasteiger partial charge in [-0.05, 0) is 24.1 Å². The van der Waals surface area contributed by atoms with Gasteiger partial charge in [-0.1, -0.05) is 0 Å². The van der Waals surface area contributed by atoms with Crippen LogP contribution < -0.4 is 10.6 Å². The molecule has 1 aromatic carbocycles. The van der Waals surface area contributed by atoms with Crippen molar-refractivity contribution in [2.75, 3.05) is 17.2 Å². The molecule has 0 atom stereocenters. The van der Waals surface area contributed by atoms with E-state index in [0.717, 1.165) is 0 Å². The lowest BCUT2D eigenvalue weighted by atomic mass is 9.95. The third-order valence-corrected chi connectivity index (χ3v) is 2.95. The monoisotopic (exact) mass is 269 g/mol. The zero-order valence-corrected chi connectivity index (χ0v) is 9.79. The Kier molecular flexibility index (Phi) is 3.10. The van der Waals surface area contributed by atoms with Crippen molar-refractivity contribution in [3.63, 3.8) is 0 Å². The molecular formula is C12H10F3N3O. The molecule has 2 N–H and O–H groups in total. The van der Waals surface area contributed by atoms with Crippen LogP contribution in [0.2, 0.25) is 0 Å². The van der Waals surface area contributed by atoms with Crippen molar-refractivity contribution >= 4 is 17.3 Å². The average molecular weight is 269 g/mol. The van der Waals surface area contributed by atoms with E-state index in [1.54, 1.807) is 0 Å². The smallest absolute Gasteiger partial charge is 0.398 e. The number of nitrogens with two attached hydrogens (primary N) is 1. The van der Waals surface area contributed by atoms with E-state index < -0.39 is 18.6 Å². The number of rotatable bonds is 1. The second kappa shape index (κ2) is 4.46. The number of amides is 1. The molecule has 0 saturated carbocycles. The molecule has 100 valence electrons. The quantitative estimate of drug-likeness (QED) is 0.792. The molecule has 0 aliphatic carbocycles. The fourth-order valence-corrected chi connectivity index (χ4v) is 2.15. The molecule has 19 heavy (non-hydrogen) atoms. The molecule has 4 nitrogen and oxygen atoms in total. The molecular weight excluding hydrogens is 259 g/mol. The van der Waals surface area contributed by atoms with Crippen LogP contribution in [-0.4, -0.2) is 18.6 Å². The number of hydrogen-bond acceptors (Lipinski definition) is 3. The zero-order chi connectivity index (χ0) is 14.2. The summed E-state index contributed by atoms with van der Waals surface area (Å²) < 4.78 is 37.5. The van der Waals surface area contributed by atoms with Gasteiger partial charge in [0.15, 0.2) is 0 Å². The molecule has 0 unspecified atom stereocenters. The van der Waals surface area contributed by atoms with Gasteiger partial charge in [-0.2, -0.15) is 18.4 Å². The summed E-state index contributed by atoms with van der Waals surface area (Å²) in [4.78, 5) is 12.3. The van der Waals surface area contributed by atoms with Gasteiger partial charge in [-0.3, -0.25) is 4.79 Å². The normalized spacial score (nSPS) is 15.1. The molecule has 0 saturated heterocycles. The van der Waals surface area contributed by atoms with E-state index in [1.807, 2.05) is 6.07 Å². The standard InChI is InChI=1S/C12H10F3N3O/c13-12(14,15)6-18-10-3-2-9(17)8(5-16)7(10)1-4-11(18)19/h2-3H,1,4,6,17H2. The number of halogens is 3. The summed E-state index contributed by atoms with van der Waals surface area (Å²) in [6.45, 7) is -1.35. The Morgan fingerprint density at radius 2 is 2.05 bits per heavy atom. The summed E-state index contributed by atoms with van der Waals surface area (Å²) in [6, 6.07) is 4.58. The van der Waals surface area contributed by atoms with Gasteiger partial charge in [0.05, 0.1) is 5.56 Å². The van der Waals surface area contributed by atoms with Crippen molar-refractivity contribution < 1.29 is 18.0 Å². The molecule has 7 heteroatoms. The molecule has 1 aromatic rings. The van der Waals surface area contributed by atoms with Crippen LogP contribution in [0.1, 0.15) is 17.5 Å². The van der Waals surface area contributed by atoms with Crippen LogP contribution in [0.3, 0.4) is 0 Å². The summed E-state index contributed by atoms with van der Waals surface area (Å²) >= 11 is 0. The van der Waals surface area contributed by atoms with Gasteiger partial charge in [-0.15, -0.1) is 0 Å². The molecule has 1 aliphatic rings. The molecule has 1 heterocycles. The number of anilines is 2. The van der Waals surface area contributed by atoms with Crippen molar-refractivity contribution in [2.24, 2.45) is 0 Å². The summed E-state index contributed by atoms with van der Waals surface area (Å²) in [5.41, 5.74) is 6.51. The molecule has 1 aliphatic heterocycles. The molecule has 1 amide bonds. The first-order chi connectivity index (χ1) is 8.83. The predicted molar refractivity (Wildman–Crippen MR) is 62.3 cm³/mol. The maximum Gasteiger partial charge on any atom is 0.406 e. The largest absolute Gasteiger partial charge is 0.406 e. The van der Waals surface area contributed by atoms with Gasteiger partial charge in [0.25, 0.3) is 0 Å². The number of fused-ring (bicyclic) bond motifs is 1. The highest BCUT2D eigenvalue weighted by atomic mass is 19.4. The van der Waals surface area contributed by atoms with Crippen LogP contribution >= 0.6 is 0 Å². The van der Waals surface area contributed by atoms with E-state index in [4.69, 9.17) is 11.0 Å². The van der Waals surface area contributed by atoms with Crippen molar-refractivity contribution in [1.82, 2.24) is 0 Å². The third-order valence-electron chi connectivity index (χ3n) is 2.95. The third kappa shape index (κ3) is 2.47. The zero-order valence-electron chi connectivity index (χ0n) is 9.79. The topological polar surface area (TPSA) is 70.1 Å². The van der Waals surface area contributed by atoms with Crippen LogP contribution in [-0.2, 0) is 11.2 Å². The molecule has 0 bridgehead atoms. The second-order valence-corrected chi connectivity index (χ2v) is 4.23. The Bertz CT molecular complexity index is 575. The number of carbonyl (C=O) groups is 1. The first kappa shape index (κ1) is 13.2. The van der Waals surface area contributed by atoms with Crippen molar-refractivity contribution in [3.8, 4) is 6.07 Å². The van der Waals surface area contributed by atoms with Gasteiger partial charge in [0, 0.05) is 17.8 Å². The first-order valence-electron chi connectivity index (χ1n) is 5.52. The Morgan fingerprint density at radius 1 is 1.37 bits per heavy atom. The highest BCUT2D eigenvalue weighted by Gasteiger charge is 2.36. The maximum absolute atomic E-state index is 12.5. The van der Waals surface area contributed by atoms with Crippen LogP contribution in [0, 0.1) is 11.3 Å². The van der Waals surface area contributed by atoms with Crippen LogP contribution in [0.5, 0.6) is 0 Å². The minimum absolute atomic E-state index is 0.0544. The number of carbonyl (C=O) groups excluding carboxylic acids is 1. The molecule has 0 spiro atoms. The Labute approximate surface area is 107 Å². The van der Waals surface area contributed by atoms with Crippen molar-refractivity contribution in [3.05, 3.63) is 23.3 Å². The first-order valence-corrected chi connectivity index (χ1v) is 5.52. The lowest BCUT2D eigenvalue weighted by molar-refractivity contribution is -0.132. The summed E-state index contributed by atoms with van der Waals surface area (Å²) in [5, 5.41) is 9.00. The number of nitriles is 1. The molecule has 0 fully saturated rings. The maximum atomic E-state index is 12.5. The SMILES string of the molecule is N#Cc1c(N)ccc2c1CCC(=O)N2CC(F)(F)F. The Morgan fingerprint density at radius 3 is 2.63 bits per heavy atom. The molecule has 0 radical (unpaired) electrons. The minimum Gasteiger partial charge on any atom is -0.398 e. The Balaban J connectivity index is 2.52. The van der Waals surface area contributed by atoms with Gasteiger partial charge < -0.3 is 10.6 Å². The van der Waals surface area contributed by atoms with Gasteiger partial charge in [0.1, 0.15) is 12.6 Å². The highest BCUT2D eigenvalue weighted by Crippen LogP contribution is 2.34. The van der Waals surface area contributed by atoms with E-state index >= 15 is 0 Å². The van der Waals surface area contributed by atoms with Crippen molar-refractivity contribution in [1.29, 1.82) is 5.26 Å². The minimum atomic E-state index is -4.49. The number of hydrogen-bond donors (Lipinski definition) is 1. The number of nitrogens with zero attached hydrogens (tertiary/aromatic N) is 2. The number of nitrogen functional groups attached to an aromatic ring is 1.